The number of carbonyl (C=O) groups is 2. The normalized spacial score (nSPS) is 11.7. The van der Waals surface area contributed by atoms with Crippen molar-refractivity contribution < 1.29 is 9.59 Å². The second kappa shape index (κ2) is 12.7. The van der Waals surface area contributed by atoms with Crippen LogP contribution in [0.3, 0.4) is 0 Å². The van der Waals surface area contributed by atoms with Crippen LogP contribution in [0.4, 0.5) is 5.69 Å². The van der Waals surface area contributed by atoms with E-state index in [1.54, 1.807) is 18.5 Å². The van der Waals surface area contributed by atoms with Crippen molar-refractivity contribution in [1.29, 1.82) is 0 Å². The average molecular weight is 536 g/mol. The Kier molecular flexibility index (Phi) is 9.10. The predicted molar refractivity (Wildman–Crippen MR) is 161 cm³/mol. The van der Waals surface area contributed by atoms with Gasteiger partial charge in [0, 0.05) is 29.9 Å². The Morgan fingerprint density at radius 1 is 0.975 bits per heavy atom. The molecule has 1 N–H and O–H groups in total. The van der Waals surface area contributed by atoms with Crippen molar-refractivity contribution in [3.63, 3.8) is 0 Å². The van der Waals surface area contributed by atoms with E-state index in [2.05, 4.69) is 24.1 Å². The number of rotatable bonds is 10. The minimum atomic E-state index is -0.784. The summed E-state index contributed by atoms with van der Waals surface area (Å²) in [6.07, 6.45) is 6.48. The minimum absolute atomic E-state index is 0.0649. The summed E-state index contributed by atoms with van der Waals surface area (Å²) in [6.45, 7) is 9.58. The van der Waals surface area contributed by atoms with Gasteiger partial charge in [-0.15, -0.1) is 0 Å². The first-order valence-corrected chi connectivity index (χ1v) is 13.9. The molecule has 0 saturated carbocycles. The summed E-state index contributed by atoms with van der Waals surface area (Å²) >= 11 is 0. The number of amides is 1. The van der Waals surface area contributed by atoms with Crippen molar-refractivity contribution in [3.05, 3.63) is 117 Å². The fourth-order valence-corrected chi connectivity index (χ4v) is 5.13. The van der Waals surface area contributed by atoms with Gasteiger partial charge in [-0.05, 0) is 67.5 Å². The number of Topliss-reactive ketones (excluding diaryl/α,β-unsaturated/α-hetero) is 1. The monoisotopic (exact) mass is 535 g/mol. The zero-order chi connectivity index (χ0) is 28.8. The summed E-state index contributed by atoms with van der Waals surface area (Å²) in [7, 11) is 0. The van der Waals surface area contributed by atoms with Gasteiger partial charge in [-0.2, -0.15) is 0 Å². The molecule has 0 fully saturated rings. The Morgan fingerprint density at radius 3 is 2.40 bits per heavy atom. The van der Waals surface area contributed by atoms with Crippen LogP contribution in [0.5, 0.6) is 0 Å². The van der Waals surface area contributed by atoms with Crippen LogP contribution in [0.2, 0.25) is 0 Å². The molecule has 0 saturated heterocycles. The molecule has 0 aliphatic heterocycles. The van der Waals surface area contributed by atoms with Crippen LogP contribution in [0.15, 0.2) is 77.9 Å². The molecule has 2 aromatic heterocycles. The SMILES string of the molecule is CCCc1ncc(NC(=O)C(Cc2ccccc2)n2cc(C)c(-c3cc(C)ccc3C(C)=O)cc2=O)cc1CC. The van der Waals surface area contributed by atoms with E-state index in [1.807, 2.05) is 62.4 Å². The summed E-state index contributed by atoms with van der Waals surface area (Å²) in [5.74, 6) is -0.352. The van der Waals surface area contributed by atoms with Crippen LogP contribution in [-0.2, 0) is 24.1 Å². The number of pyridine rings is 2. The largest absolute Gasteiger partial charge is 0.323 e. The lowest BCUT2D eigenvalue weighted by Crippen LogP contribution is -2.34. The summed E-state index contributed by atoms with van der Waals surface area (Å²) < 4.78 is 1.50. The van der Waals surface area contributed by atoms with E-state index in [-0.39, 0.29) is 17.2 Å². The Labute approximate surface area is 236 Å². The van der Waals surface area contributed by atoms with Crippen LogP contribution in [0, 0.1) is 13.8 Å². The van der Waals surface area contributed by atoms with E-state index in [0.717, 1.165) is 52.8 Å². The molecule has 0 bridgehead atoms. The molecule has 4 rings (SSSR count). The number of aromatic nitrogens is 2. The summed E-state index contributed by atoms with van der Waals surface area (Å²) in [4.78, 5) is 44.4. The van der Waals surface area contributed by atoms with Crippen LogP contribution in [-0.4, -0.2) is 21.2 Å². The Balaban J connectivity index is 1.76. The molecule has 0 spiro atoms. The summed E-state index contributed by atoms with van der Waals surface area (Å²) in [6, 6.07) is 18.0. The van der Waals surface area contributed by atoms with E-state index >= 15 is 0 Å². The first kappa shape index (κ1) is 28.7. The van der Waals surface area contributed by atoms with Gasteiger partial charge in [0.05, 0.1) is 11.9 Å². The Bertz CT molecular complexity index is 1590. The molecular formula is C34H37N3O3. The van der Waals surface area contributed by atoms with Crippen LogP contribution in [0.25, 0.3) is 11.1 Å². The first-order chi connectivity index (χ1) is 19.2. The van der Waals surface area contributed by atoms with Gasteiger partial charge >= 0.3 is 0 Å². The van der Waals surface area contributed by atoms with Crippen LogP contribution < -0.4 is 10.9 Å². The van der Waals surface area contributed by atoms with Gasteiger partial charge in [-0.1, -0.05) is 74.4 Å². The number of hydrogen-bond acceptors (Lipinski definition) is 4. The first-order valence-electron chi connectivity index (χ1n) is 13.9. The molecule has 6 nitrogen and oxygen atoms in total. The lowest BCUT2D eigenvalue weighted by Gasteiger charge is -2.22. The lowest BCUT2D eigenvalue weighted by atomic mass is 9.93. The number of ketones is 1. The van der Waals surface area contributed by atoms with E-state index in [4.69, 9.17) is 0 Å². The van der Waals surface area contributed by atoms with E-state index in [9.17, 15) is 14.4 Å². The molecule has 0 aliphatic carbocycles. The van der Waals surface area contributed by atoms with Crippen molar-refractivity contribution >= 4 is 17.4 Å². The number of hydrogen-bond donors (Lipinski definition) is 1. The Morgan fingerprint density at radius 2 is 1.73 bits per heavy atom. The van der Waals surface area contributed by atoms with Gasteiger partial charge in [-0.3, -0.25) is 19.4 Å². The highest BCUT2D eigenvalue weighted by atomic mass is 16.2. The van der Waals surface area contributed by atoms with Crippen molar-refractivity contribution in [2.24, 2.45) is 0 Å². The van der Waals surface area contributed by atoms with E-state index in [0.29, 0.717) is 23.2 Å². The summed E-state index contributed by atoms with van der Waals surface area (Å²) in [5.41, 5.74) is 7.19. The van der Waals surface area contributed by atoms with Gasteiger partial charge in [0.25, 0.3) is 5.56 Å². The zero-order valence-electron chi connectivity index (χ0n) is 24.0. The van der Waals surface area contributed by atoms with E-state index in [1.165, 1.54) is 17.6 Å². The lowest BCUT2D eigenvalue weighted by molar-refractivity contribution is -0.119. The smallest absolute Gasteiger partial charge is 0.251 e. The third-order valence-electron chi connectivity index (χ3n) is 7.23. The van der Waals surface area contributed by atoms with E-state index < -0.39 is 6.04 Å². The van der Waals surface area contributed by atoms with Crippen LogP contribution in [0.1, 0.15) is 71.5 Å². The molecule has 40 heavy (non-hydrogen) atoms. The highest BCUT2D eigenvalue weighted by Gasteiger charge is 2.24. The molecule has 1 atom stereocenters. The molecule has 1 unspecified atom stereocenters. The number of aryl methyl sites for hydroxylation is 4. The highest BCUT2D eigenvalue weighted by Crippen LogP contribution is 2.28. The fourth-order valence-electron chi connectivity index (χ4n) is 5.13. The summed E-state index contributed by atoms with van der Waals surface area (Å²) in [5, 5.41) is 3.02. The van der Waals surface area contributed by atoms with Crippen molar-refractivity contribution in [1.82, 2.24) is 9.55 Å². The molecule has 2 heterocycles. The minimum Gasteiger partial charge on any atom is -0.323 e. The average Bonchev–Trinajstić information content (AvgIpc) is 2.94. The third-order valence-corrected chi connectivity index (χ3v) is 7.23. The molecule has 1 amide bonds. The van der Waals surface area contributed by atoms with Crippen molar-refractivity contribution in [3.8, 4) is 11.1 Å². The Hall–Kier alpha value is -4.32. The zero-order valence-corrected chi connectivity index (χ0v) is 24.0. The third kappa shape index (κ3) is 6.45. The van der Waals surface area contributed by atoms with Crippen molar-refractivity contribution in [2.75, 3.05) is 5.32 Å². The van der Waals surface area contributed by atoms with Gasteiger partial charge < -0.3 is 9.88 Å². The molecule has 4 aromatic rings. The van der Waals surface area contributed by atoms with Crippen LogP contribution >= 0.6 is 0 Å². The molecular weight excluding hydrogens is 498 g/mol. The molecule has 206 valence electrons. The van der Waals surface area contributed by atoms with Crippen molar-refractivity contribution in [2.45, 2.75) is 66.3 Å². The van der Waals surface area contributed by atoms with Gasteiger partial charge in [0.2, 0.25) is 5.91 Å². The molecule has 0 aliphatic rings. The number of benzene rings is 2. The maximum Gasteiger partial charge on any atom is 0.251 e. The van der Waals surface area contributed by atoms with Gasteiger partial charge in [0.1, 0.15) is 6.04 Å². The van der Waals surface area contributed by atoms with Gasteiger partial charge in [0.15, 0.2) is 5.78 Å². The number of nitrogens with zero attached hydrogens (tertiary/aromatic N) is 2. The predicted octanol–water partition coefficient (Wildman–Crippen LogP) is 6.67. The topological polar surface area (TPSA) is 81.1 Å². The molecule has 2 aromatic carbocycles. The van der Waals surface area contributed by atoms with Gasteiger partial charge in [-0.25, -0.2) is 0 Å². The number of anilines is 1. The maximum atomic E-state index is 13.8. The second-order valence-electron chi connectivity index (χ2n) is 10.3. The molecule has 0 radical (unpaired) electrons. The number of carbonyl (C=O) groups excluding carboxylic acids is 2. The standard InChI is InChI=1S/C34H37N3O3/c1-6-11-31-26(7-2)18-27(20-35-31)36-34(40)32(17-25-12-9-8-10-13-25)37-21-23(4)29(19-33(37)39)30-16-22(3)14-15-28(30)24(5)38/h8-10,12-16,18-21,32H,6-7,11,17H2,1-5H3,(H,36,40). The maximum absolute atomic E-state index is 13.8. The second-order valence-corrected chi connectivity index (χ2v) is 10.3. The quantitative estimate of drug-likeness (QED) is 0.230. The highest BCUT2D eigenvalue weighted by molar-refractivity contribution is 6.01. The fraction of sp³-hybridized carbons (Fsp3) is 0.294. The molecule has 6 heteroatoms. The number of nitrogens with one attached hydrogen (secondary N) is 1.